The van der Waals surface area contributed by atoms with Crippen molar-refractivity contribution in [3.63, 3.8) is 0 Å². The molecule has 0 bridgehead atoms. The fourth-order valence-corrected chi connectivity index (χ4v) is 5.55. The van der Waals surface area contributed by atoms with Crippen LogP contribution in [0.2, 0.25) is 0 Å². The second kappa shape index (κ2) is 7.09. The largest absolute Gasteiger partial charge is 0.421 e. The number of nitrogens with two attached hydrogens (primary N) is 1. The zero-order valence-corrected chi connectivity index (χ0v) is 19.0. The van der Waals surface area contributed by atoms with E-state index in [0.29, 0.717) is 18.1 Å². The molecule has 3 aromatic rings. The molecule has 3 heterocycles. The van der Waals surface area contributed by atoms with Crippen LogP contribution in [0.1, 0.15) is 48.7 Å². The topological polar surface area (TPSA) is 102 Å². The second-order valence-electron chi connectivity index (χ2n) is 10.1. The zero-order valence-electron chi connectivity index (χ0n) is 19.0. The van der Waals surface area contributed by atoms with Gasteiger partial charge in [0.15, 0.2) is 5.75 Å². The summed E-state index contributed by atoms with van der Waals surface area (Å²) >= 11 is 0. The smallest absolute Gasteiger partial charge is 0.324 e. The summed E-state index contributed by atoms with van der Waals surface area (Å²) in [4.78, 5) is 20.8. The fourth-order valence-electron chi connectivity index (χ4n) is 5.55. The van der Waals surface area contributed by atoms with Gasteiger partial charge in [0.2, 0.25) is 0 Å². The Balaban J connectivity index is 1.30. The maximum absolute atomic E-state index is 14.5. The first-order valence-electron chi connectivity index (χ1n) is 11.9. The quantitative estimate of drug-likeness (QED) is 0.467. The van der Waals surface area contributed by atoms with Crippen molar-refractivity contribution in [1.29, 1.82) is 0 Å². The van der Waals surface area contributed by atoms with E-state index in [-0.39, 0.29) is 23.3 Å². The molecule has 9 heteroatoms. The summed E-state index contributed by atoms with van der Waals surface area (Å²) in [6.45, 7) is 1.71. The molecular formula is C25H26FN7O. The Kier molecular flexibility index (Phi) is 4.18. The first-order valence-corrected chi connectivity index (χ1v) is 11.9. The Bertz CT molecular complexity index is 1310. The lowest BCUT2D eigenvalue weighted by molar-refractivity contribution is 0.435. The van der Waals surface area contributed by atoms with Gasteiger partial charge in [-0.05, 0) is 48.9 Å². The van der Waals surface area contributed by atoms with E-state index in [1.54, 1.807) is 18.5 Å². The lowest BCUT2D eigenvalue weighted by Crippen LogP contribution is -2.24. The molecular weight excluding hydrogens is 433 g/mol. The Labute approximate surface area is 196 Å². The van der Waals surface area contributed by atoms with E-state index >= 15 is 0 Å². The maximum atomic E-state index is 14.5. The third kappa shape index (κ3) is 3.14. The van der Waals surface area contributed by atoms with Crippen LogP contribution < -0.4 is 20.7 Å². The number of anilines is 2. The van der Waals surface area contributed by atoms with Crippen LogP contribution in [0.4, 0.5) is 15.9 Å². The molecule has 3 aliphatic carbocycles. The molecule has 7 rings (SSSR count). The number of ether oxygens (including phenoxy) is 1. The van der Waals surface area contributed by atoms with Crippen molar-refractivity contribution in [2.45, 2.75) is 44.1 Å². The van der Waals surface area contributed by atoms with E-state index in [0.717, 1.165) is 78.5 Å². The lowest BCUT2D eigenvalue weighted by Gasteiger charge is -2.22. The van der Waals surface area contributed by atoms with Gasteiger partial charge in [-0.15, -0.1) is 0 Å². The van der Waals surface area contributed by atoms with Crippen LogP contribution in [0.15, 0.2) is 24.5 Å². The normalized spacial score (nSPS) is 24.3. The van der Waals surface area contributed by atoms with Crippen molar-refractivity contribution in [3.05, 3.63) is 47.4 Å². The van der Waals surface area contributed by atoms with Crippen LogP contribution in [-0.2, 0) is 6.42 Å². The molecule has 174 valence electrons. The summed E-state index contributed by atoms with van der Waals surface area (Å²) in [5, 5.41) is 3.13. The molecule has 2 atom stereocenters. The molecule has 0 radical (unpaired) electrons. The molecule has 0 unspecified atom stereocenters. The zero-order chi connectivity index (χ0) is 23.0. The van der Waals surface area contributed by atoms with Crippen LogP contribution in [0.5, 0.6) is 11.8 Å². The summed E-state index contributed by atoms with van der Waals surface area (Å²) in [6, 6.07) is 3.62. The van der Waals surface area contributed by atoms with Crippen molar-refractivity contribution in [1.82, 2.24) is 19.9 Å². The molecule has 1 aromatic carbocycles. The minimum absolute atomic E-state index is 0.171. The highest BCUT2D eigenvalue weighted by atomic mass is 19.1. The molecule has 3 N–H and O–H groups in total. The van der Waals surface area contributed by atoms with E-state index in [4.69, 9.17) is 20.4 Å². The number of hydrogen-bond donors (Lipinski definition) is 2. The fraction of sp³-hybridized carbons (Fsp3) is 0.440. The summed E-state index contributed by atoms with van der Waals surface area (Å²) in [5.41, 5.74) is 10.8. The Morgan fingerprint density at radius 3 is 2.68 bits per heavy atom. The standard InChI is InChI=1S/C25H26FN7O/c1-28-18-7-14(26)6-17-16(18)8-19-21(17)23(33-5-4-25(12-33)9-20(25)27)32-24(31-19)34-15-10-29-22(30-11-15)13-2-3-13/h6-7,10-11,13,20,28H,2-5,8-9,12,27H2,1H3/t20-,25-/m1/s1. The van der Waals surface area contributed by atoms with E-state index < -0.39 is 0 Å². The Hall–Kier alpha value is -3.33. The molecule has 2 aromatic heterocycles. The predicted molar refractivity (Wildman–Crippen MR) is 126 cm³/mol. The number of nitrogens with zero attached hydrogens (tertiary/aromatic N) is 5. The number of halogens is 1. The number of hydrogen-bond acceptors (Lipinski definition) is 8. The molecule has 2 saturated carbocycles. The number of aromatic nitrogens is 4. The van der Waals surface area contributed by atoms with Gasteiger partial charge in [-0.2, -0.15) is 9.97 Å². The van der Waals surface area contributed by atoms with Gasteiger partial charge in [0.1, 0.15) is 17.5 Å². The summed E-state index contributed by atoms with van der Waals surface area (Å²) < 4.78 is 20.5. The summed E-state index contributed by atoms with van der Waals surface area (Å²) in [6.07, 6.45) is 8.34. The first kappa shape index (κ1) is 20.1. The minimum Gasteiger partial charge on any atom is -0.421 e. The van der Waals surface area contributed by atoms with Gasteiger partial charge >= 0.3 is 6.01 Å². The lowest BCUT2D eigenvalue weighted by atomic mass is 10.0. The van der Waals surface area contributed by atoms with E-state index in [1.165, 1.54) is 6.07 Å². The summed E-state index contributed by atoms with van der Waals surface area (Å²) in [7, 11) is 1.81. The maximum Gasteiger partial charge on any atom is 0.324 e. The first-order chi connectivity index (χ1) is 16.5. The number of nitrogens with one attached hydrogen (secondary N) is 1. The molecule has 1 spiro atoms. The van der Waals surface area contributed by atoms with Crippen LogP contribution in [0, 0.1) is 11.2 Å². The van der Waals surface area contributed by atoms with Crippen LogP contribution in [-0.4, -0.2) is 46.1 Å². The highest BCUT2D eigenvalue weighted by Gasteiger charge is 2.56. The highest BCUT2D eigenvalue weighted by molar-refractivity contribution is 5.88. The van der Waals surface area contributed by atoms with Gasteiger partial charge in [-0.3, -0.25) is 0 Å². The summed E-state index contributed by atoms with van der Waals surface area (Å²) in [5.74, 6) is 2.36. The van der Waals surface area contributed by atoms with Gasteiger partial charge in [-0.25, -0.2) is 14.4 Å². The highest BCUT2D eigenvalue weighted by Crippen LogP contribution is 2.54. The molecule has 0 amide bonds. The predicted octanol–water partition coefficient (Wildman–Crippen LogP) is 3.62. The van der Waals surface area contributed by atoms with Crippen molar-refractivity contribution >= 4 is 11.5 Å². The van der Waals surface area contributed by atoms with Crippen molar-refractivity contribution in [2.24, 2.45) is 11.1 Å². The van der Waals surface area contributed by atoms with Crippen LogP contribution in [0.3, 0.4) is 0 Å². The average Bonchev–Trinajstić information content (AvgIpc) is 3.69. The number of rotatable bonds is 5. The SMILES string of the molecule is CNc1cc(F)cc2c1Cc1nc(Oc3cnc(C4CC4)nc3)nc(N3CC[C@@]4(C[C@H]4N)C3)c1-2. The van der Waals surface area contributed by atoms with Crippen LogP contribution in [0.25, 0.3) is 11.1 Å². The monoisotopic (exact) mass is 459 g/mol. The van der Waals surface area contributed by atoms with Gasteiger partial charge < -0.3 is 20.7 Å². The molecule has 34 heavy (non-hydrogen) atoms. The minimum atomic E-state index is -0.280. The van der Waals surface area contributed by atoms with E-state index in [2.05, 4.69) is 20.2 Å². The number of fused-ring (bicyclic) bond motifs is 3. The number of benzene rings is 1. The molecule has 4 aliphatic rings. The molecule has 1 saturated heterocycles. The van der Waals surface area contributed by atoms with E-state index in [9.17, 15) is 4.39 Å². The second-order valence-corrected chi connectivity index (χ2v) is 10.1. The third-order valence-electron chi connectivity index (χ3n) is 7.78. The van der Waals surface area contributed by atoms with Gasteiger partial charge in [0, 0.05) is 55.2 Å². The third-order valence-corrected chi connectivity index (χ3v) is 7.78. The van der Waals surface area contributed by atoms with E-state index in [1.807, 2.05) is 7.05 Å². The molecule has 3 fully saturated rings. The van der Waals surface area contributed by atoms with Gasteiger partial charge in [-0.1, -0.05) is 0 Å². The average molecular weight is 460 g/mol. The molecule has 8 nitrogen and oxygen atoms in total. The molecule has 1 aliphatic heterocycles. The van der Waals surface area contributed by atoms with Gasteiger partial charge in [0.05, 0.1) is 18.1 Å². The van der Waals surface area contributed by atoms with Crippen molar-refractivity contribution in [3.8, 4) is 22.9 Å². The van der Waals surface area contributed by atoms with Crippen LogP contribution >= 0.6 is 0 Å². The van der Waals surface area contributed by atoms with Crippen molar-refractivity contribution < 1.29 is 9.13 Å². The Morgan fingerprint density at radius 2 is 2.00 bits per heavy atom. The van der Waals surface area contributed by atoms with Gasteiger partial charge in [0.25, 0.3) is 0 Å². The Morgan fingerprint density at radius 1 is 1.21 bits per heavy atom. The van der Waals surface area contributed by atoms with Crippen molar-refractivity contribution in [2.75, 3.05) is 30.4 Å².